The van der Waals surface area contributed by atoms with E-state index in [1.165, 1.54) is 0 Å². The van der Waals surface area contributed by atoms with Crippen LogP contribution in [0.25, 0.3) is 100 Å². The lowest BCUT2D eigenvalue weighted by molar-refractivity contribution is 0.669. The molecule has 0 radical (unpaired) electrons. The van der Waals surface area contributed by atoms with Crippen LogP contribution in [-0.4, -0.2) is 9.97 Å². The summed E-state index contributed by atoms with van der Waals surface area (Å²) in [7, 11) is 0. The van der Waals surface area contributed by atoms with E-state index in [2.05, 4.69) is 188 Å². The molecule has 2 heterocycles. The summed E-state index contributed by atoms with van der Waals surface area (Å²) in [6.07, 6.45) is 0. The zero-order valence-corrected chi connectivity index (χ0v) is 29.9. The number of hydrogen-bond donors (Lipinski definition) is 0. The predicted octanol–water partition coefficient (Wildman–Crippen LogP) is 14.0. The number of nitrogens with zero attached hydrogens (tertiary/aromatic N) is 2. The fourth-order valence-electron chi connectivity index (χ4n) is 7.58. The molecule has 10 rings (SSSR count). The number of aromatic nitrogens is 2. The van der Waals surface area contributed by atoms with Gasteiger partial charge in [-0.3, -0.25) is 0 Å². The quantitative estimate of drug-likeness (QED) is 0.166. The molecular formula is C52H34N2O. The normalized spacial score (nSPS) is 11.3. The largest absolute Gasteiger partial charge is 0.456 e. The van der Waals surface area contributed by atoms with Crippen molar-refractivity contribution in [1.29, 1.82) is 0 Å². The molecule has 0 unspecified atom stereocenters. The van der Waals surface area contributed by atoms with E-state index in [-0.39, 0.29) is 0 Å². The van der Waals surface area contributed by atoms with Gasteiger partial charge in [0.2, 0.25) is 0 Å². The second kappa shape index (κ2) is 13.9. The molecule has 0 amide bonds. The van der Waals surface area contributed by atoms with Crippen molar-refractivity contribution in [2.45, 2.75) is 0 Å². The molecule has 10 aromatic rings. The molecule has 0 bridgehead atoms. The van der Waals surface area contributed by atoms with E-state index < -0.39 is 0 Å². The Labute approximate surface area is 319 Å². The third-order valence-electron chi connectivity index (χ3n) is 10.3. The Bertz CT molecular complexity index is 2900. The van der Waals surface area contributed by atoms with Crippen LogP contribution < -0.4 is 0 Å². The first-order valence-corrected chi connectivity index (χ1v) is 18.6. The average molecular weight is 703 g/mol. The van der Waals surface area contributed by atoms with Gasteiger partial charge in [0.15, 0.2) is 5.82 Å². The van der Waals surface area contributed by atoms with Crippen LogP contribution in [0.2, 0.25) is 0 Å². The molecule has 2 aromatic heterocycles. The molecule has 3 nitrogen and oxygen atoms in total. The van der Waals surface area contributed by atoms with E-state index >= 15 is 0 Å². The molecule has 258 valence electrons. The number of fused-ring (bicyclic) bond motifs is 3. The third kappa shape index (κ3) is 6.28. The number of benzene rings is 8. The molecule has 0 spiro atoms. The minimum Gasteiger partial charge on any atom is -0.456 e. The molecule has 0 saturated heterocycles. The molecule has 0 aliphatic rings. The zero-order chi connectivity index (χ0) is 36.6. The molecule has 0 saturated carbocycles. The van der Waals surface area contributed by atoms with Crippen LogP contribution in [-0.2, 0) is 0 Å². The van der Waals surface area contributed by atoms with Crippen LogP contribution in [0.4, 0.5) is 0 Å². The first-order chi connectivity index (χ1) is 27.2. The van der Waals surface area contributed by atoms with E-state index in [1.54, 1.807) is 0 Å². The van der Waals surface area contributed by atoms with Crippen molar-refractivity contribution in [3.05, 3.63) is 206 Å². The van der Waals surface area contributed by atoms with Gasteiger partial charge >= 0.3 is 0 Å². The van der Waals surface area contributed by atoms with E-state index in [4.69, 9.17) is 14.4 Å². The molecule has 3 heteroatoms. The van der Waals surface area contributed by atoms with Gasteiger partial charge in [0.05, 0.1) is 11.4 Å². The minimum atomic E-state index is 0.668. The van der Waals surface area contributed by atoms with Gasteiger partial charge in [0.1, 0.15) is 11.2 Å². The van der Waals surface area contributed by atoms with E-state index in [9.17, 15) is 0 Å². The van der Waals surface area contributed by atoms with E-state index in [1.807, 2.05) is 18.2 Å². The Balaban J connectivity index is 1.22. The lowest BCUT2D eigenvalue weighted by Gasteiger charge is -2.15. The molecule has 8 aromatic carbocycles. The number of furan rings is 1. The number of para-hydroxylation sites is 1. The monoisotopic (exact) mass is 702 g/mol. The third-order valence-corrected chi connectivity index (χ3v) is 10.3. The number of rotatable bonds is 7. The first kappa shape index (κ1) is 32.3. The number of hydrogen-bond acceptors (Lipinski definition) is 3. The topological polar surface area (TPSA) is 38.9 Å². The summed E-state index contributed by atoms with van der Waals surface area (Å²) < 4.78 is 6.34. The van der Waals surface area contributed by atoms with Crippen LogP contribution in [0.1, 0.15) is 0 Å². The summed E-state index contributed by atoms with van der Waals surface area (Å²) in [6.45, 7) is 0. The maximum atomic E-state index is 6.34. The van der Waals surface area contributed by atoms with Crippen molar-refractivity contribution in [3.63, 3.8) is 0 Å². The van der Waals surface area contributed by atoms with Crippen LogP contribution in [0.3, 0.4) is 0 Å². The Morgan fingerprint density at radius 1 is 0.291 bits per heavy atom. The highest BCUT2D eigenvalue weighted by Crippen LogP contribution is 2.41. The molecule has 0 atom stereocenters. The van der Waals surface area contributed by atoms with Gasteiger partial charge in [-0.05, 0) is 99.1 Å². The average Bonchev–Trinajstić information content (AvgIpc) is 3.66. The van der Waals surface area contributed by atoms with Gasteiger partial charge < -0.3 is 4.42 Å². The van der Waals surface area contributed by atoms with Crippen LogP contribution >= 0.6 is 0 Å². The predicted molar refractivity (Wildman–Crippen MR) is 227 cm³/mol. The molecule has 0 fully saturated rings. The summed E-state index contributed by atoms with van der Waals surface area (Å²) in [6, 6.07) is 72.2. The molecule has 55 heavy (non-hydrogen) atoms. The Morgan fingerprint density at radius 2 is 0.727 bits per heavy atom. The van der Waals surface area contributed by atoms with Crippen molar-refractivity contribution >= 4 is 21.9 Å². The molecule has 0 N–H and O–H groups in total. The van der Waals surface area contributed by atoms with Gasteiger partial charge in [0, 0.05) is 27.5 Å². The second-order valence-corrected chi connectivity index (χ2v) is 13.8. The lowest BCUT2D eigenvalue weighted by atomic mass is 9.92. The van der Waals surface area contributed by atoms with Crippen molar-refractivity contribution in [1.82, 2.24) is 9.97 Å². The van der Waals surface area contributed by atoms with E-state index in [0.29, 0.717) is 5.82 Å². The zero-order valence-electron chi connectivity index (χ0n) is 29.9. The van der Waals surface area contributed by atoms with Crippen LogP contribution in [0, 0.1) is 0 Å². The summed E-state index contributed by atoms with van der Waals surface area (Å²) in [5.74, 6) is 0.668. The van der Waals surface area contributed by atoms with E-state index in [0.717, 1.165) is 94.5 Å². The second-order valence-electron chi connectivity index (χ2n) is 13.8. The Hall–Kier alpha value is -7.36. The highest BCUT2D eigenvalue weighted by atomic mass is 16.3. The highest BCUT2D eigenvalue weighted by Gasteiger charge is 2.18. The van der Waals surface area contributed by atoms with Crippen molar-refractivity contribution in [2.24, 2.45) is 0 Å². The maximum Gasteiger partial charge on any atom is 0.160 e. The van der Waals surface area contributed by atoms with Crippen LogP contribution in [0.5, 0.6) is 0 Å². The fraction of sp³-hybridized carbons (Fsp3) is 0. The molecule has 0 aliphatic carbocycles. The van der Waals surface area contributed by atoms with Gasteiger partial charge in [-0.1, -0.05) is 152 Å². The molecular weight excluding hydrogens is 669 g/mol. The fourth-order valence-corrected chi connectivity index (χ4v) is 7.58. The first-order valence-electron chi connectivity index (χ1n) is 18.6. The summed E-state index contributed by atoms with van der Waals surface area (Å²) in [5, 5.41) is 2.21. The van der Waals surface area contributed by atoms with Gasteiger partial charge in [-0.15, -0.1) is 0 Å². The summed E-state index contributed by atoms with van der Waals surface area (Å²) >= 11 is 0. The van der Waals surface area contributed by atoms with Crippen molar-refractivity contribution in [3.8, 4) is 78.4 Å². The molecule has 0 aliphatic heterocycles. The minimum absolute atomic E-state index is 0.668. The Kier molecular flexibility index (Phi) is 8.16. The lowest BCUT2D eigenvalue weighted by Crippen LogP contribution is -1.97. The van der Waals surface area contributed by atoms with Gasteiger partial charge in [-0.2, -0.15) is 0 Å². The standard InChI is InChI=1S/C52H34N2O/c1-5-16-35(17-6-1)39-28-40(36-18-7-2-8-19-36)32-44(31-39)52-53-47(38-22-11-4-12-23-38)34-48(54-52)43-30-41(37-20-9-3-10-21-37)29-42(33-43)45-25-15-27-50-51(45)46-24-13-14-26-49(46)55-50/h1-34H. The summed E-state index contributed by atoms with van der Waals surface area (Å²) in [5.41, 5.74) is 15.4. The van der Waals surface area contributed by atoms with Gasteiger partial charge in [-0.25, -0.2) is 9.97 Å². The SMILES string of the molecule is c1ccc(-c2cc(-c3ccccc3)cc(-c3nc(-c4ccccc4)cc(-c4cc(-c5ccccc5)cc(-c5cccc6oc7ccccc7c56)c4)n3)c2)cc1. The maximum absolute atomic E-state index is 6.34. The van der Waals surface area contributed by atoms with Gasteiger partial charge in [0.25, 0.3) is 0 Å². The highest BCUT2D eigenvalue weighted by molar-refractivity contribution is 6.12. The van der Waals surface area contributed by atoms with Crippen molar-refractivity contribution in [2.75, 3.05) is 0 Å². The summed E-state index contributed by atoms with van der Waals surface area (Å²) in [4.78, 5) is 10.7. The van der Waals surface area contributed by atoms with Crippen molar-refractivity contribution < 1.29 is 4.42 Å². The Morgan fingerprint density at radius 3 is 1.33 bits per heavy atom. The van der Waals surface area contributed by atoms with Crippen LogP contribution in [0.15, 0.2) is 211 Å². The smallest absolute Gasteiger partial charge is 0.160 e.